The van der Waals surface area contributed by atoms with E-state index in [2.05, 4.69) is 34.5 Å². The fourth-order valence-corrected chi connectivity index (χ4v) is 6.31. The van der Waals surface area contributed by atoms with Gasteiger partial charge < -0.3 is 26.0 Å². The van der Waals surface area contributed by atoms with Gasteiger partial charge >= 0.3 is 11.9 Å². The Bertz CT molecular complexity index is 1880. The van der Waals surface area contributed by atoms with Crippen LogP contribution in [0.1, 0.15) is 41.1 Å². The van der Waals surface area contributed by atoms with Crippen LogP contribution >= 0.6 is 0 Å². The van der Waals surface area contributed by atoms with E-state index in [4.69, 9.17) is 15.2 Å². The number of esters is 2. The van der Waals surface area contributed by atoms with E-state index in [1.165, 1.54) is 18.2 Å². The molecule has 0 radical (unpaired) electrons. The van der Waals surface area contributed by atoms with Crippen molar-refractivity contribution in [3.8, 4) is 0 Å². The number of hydrogen-bond donors (Lipinski definition) is 2. The summed E-state index contributed by atoms with van der Waals surface area (Å²) in [5.74, 6) is -2.48. The van der Waals surface area contributed by atoms with Gasteiger partial charge in [0.25, 0.3) is 5.69 Å². The predicted octanol–water partition coefficient (Wildman–Crippen LogP) is 5.17. The minimum atomic E-state index is -1.07. The van der Waals surface area contributed by atoms with E-state index >= 15 is 0 Å². The number of non-ortho nitro benzene ring substituents is 1. The fraction of sp³-hybridized carbons (Fsp3) is 0.179. The summed E-state index contributed by atoms with van der Waals surface area (Å²) < 4.78 is 11.6. The Morgan fingerprint density at radius 2 is 1.50 bits per heavy atom. The Kier molecular flexibility index (Phi) is 11.2. The number of nitrogens with two attached hydrogens (primary N) is 1. The third kappa shape index (κ3) is 7.81. The SMILES string of the molecule is CC1=C(C(=O)OC/C=C/c2ccccc2)C(c2cccc([N+](=O)[O-])c2)C(C(=O)OC2CN(C(c3ccccc3)c3ccccc3)C2)=C(N)N1.O. The second kappa shape index (κ2) is 15.9. The lowest BCUT2D eigenvalue weighted by Gasteiger charge is -2.44. The van der Waals surface area contributed by atoms with Crippen molar-refractivity contribution < 1.29 is 29.5 Å². The molecule has 50 heavy (non-hydrogen) atoms. The van der Waals surface area contributed by atoms with Gasteiger partial charge in [0, 0.05) is 30.9 Å². The summed E-state index contributed by atoms with van der Waals surface area (Å²) in [5, 5.41) is 14.7. The molecule has 2 aliphatic heterocycles. The van der Waals surface area contributed by atoms with E-state index in [9.17, 15) is 19.7 Å². The number of benzene rings is 4. The van der Waals surface area contributed by atoms with Crippen molar-refractivity contribution in [1.29, 1.82) is 0 Å². The average Bonchev–Trinajstić information content (AvgIpc) is 3.10. The molecule has 0 amide bonds. The summed E-state index contributed by atoms with van der Waals surface area (Å²) in [6.07, 6.45) is 3.09. The highest BCUT2D eigenvalue weighted by Gasteiger charge is 2.42. The highest BCUT2D eigenvalue weighted by molar-refractivity contribution is 6.00. The maximum absolute atomic E-state index is 14.0. The lowest BCUT2D eigenvalue weighted by Crippen LogP contribution is -2.54. The van der Waals surface area contributed by atoms with Crippen LogP contribution in [0.2, 0.25) is 0 Å². The Balaban J connectivity index is 0.00000486. The Labute approximate surface area is 289 Å². The quantitative estimate of drug-likeness (QED) is 0.124. The standard InChI is InChI=1S/C39H36N4O6.H2O/c1-26-33(38(44)48-22-12-15-27-13-5-2-6-14-27)34(30-20-11-21-31(23-30)43(46)47)35(37(40)41-26)39(45)49-32-24-42(25-32)36(28-16-7-3-8-17-28)29-18-9-4-10-19-29;/h2-21,23,32,34,36,41H,22,24-25,40H2,1H3;1H2/b15-12+;. The molecule has 5 N–H and O–H groups in total. The number of dihydropyridines is 1. The first-order valence-electron chi connectivity index (χ1n) is 16.0. The van der Waals surface area contributed by atoms with Crippen LogP contribution in [0.15, 0.2) is 144 Å². The minimum absolute atomic E-state index is 0. The highest BCUT2D eigenvalue weighted by Crippen LogP contribution is 2.40. The first-order chi connectivity index (χ1) is 23.8. The molecule has 1 atom stereocenters. The molecule has 1 fully saturated rings. The van der Waals surface area contributed by atoms with Gasteiger partial charge in [0.1, 0.15) is 18.5 Å². The monoisotopic (exact) mass is 674 g/mol. The number of hydrogen-bond acceptors (Lipinski definition) is 9. The van der Waals surface area contributed by atoms with Gasteiger partial charge in [-0.05, 0) is 35.3 Å². The number of nitro groups is 1. The molecule has 2 heterocycles. The number of likely N-dealkylation sites (tertiary alicyclic amines) is 1. The topological polar surface area (TPSA) is 169 Å². The van der Waals surface area contributed by atoms with Gasteiger partial charge in [0.15, 0.2) is 0 Å². The van der Waals surface area contributed by atoms with Crippen LogP contribution in [-0.2, 0) is 19.1 Å². The van der Waals surface area contributed by atoms with Gasteiger partial charge in [0.05, 0.1) is 28.0 Å². The molecular weight excluding hydrogens is 636 g/mol. The summed E-state index contributed by atoms with van der Waals surface area (Å²) in [7, 11) is 0. The summed E-state index contributed by atoms with van der Waals surface area (Å²) in [6.45, 7) is 2.56. The van der Waals surface area contributed by atoms with Gasteiger partial charge in [-0.15, -0.1) is 0 Å². The molecule has 256 valence electrons. The van der Waals surface area contributed by atoms with Crippen LogP contribution in [0, 0.1) is 10.1 Å². The second-order valence-corrected chi connectivity index (χ2v) is 11.9. The van der Waals surface area contributed by atoms with Crippen LogP contribution in [0.3, 0.4) is 0 Å². The third-order valence-corrected chi connectivity index (χ3v) is 8.61. The minimum Gasteiger partial charge on any atom is -0.458 e. The van der Waals surface area contributed by atoms with Gasteiger partial charge in [-0.25, -0.2) is 9.59 Å². The van der Waals surface area contributed by atoms with Gasteiger partial charge in [-0.1, -0.05) is 109 Å². The zero-order valence-electron chi connectivity index (χ0n) is 27.4. The number of nitro benzene ring substituents is 1. The predicted molar refractivity (Wildman–Crippen MR) is 189 cm³/mol. The number of nitrogens with one attached hydrogen (secondary N) is 1. The maximum atomic E-state index is 14.0. The molecule has 1 saturated heterocycles. The summed E-state index contributed by atoms with van der Waals surface area (Å²) in [4.78, 5) is 41.1. The molecule has 1 unspecified atom stereocenters. The van der Waals surface area contributed by atoms with E-state index in [0.717, 1.165) is 16.7 Å². The highest BCUT2D eigenvalue weighted by atomic mass is 16.6. The summed E-state index contributed by atoms with van der Waals surface area (Å²) in [6, 6.07) is 35.6. The van der Waals surface area contributed by atoms with E-state index in [-0.39, 0.29) is 40.8 Å². The zero-order chi connectivity index (χ0) is 34.3. The molecule has 11 nitrogen and oxygen atoms in total. The average molecular weight is 675 g/mol. The van der Waals surface area contributed by atoms with Gasteiger partial charge in [-0.2, -0.15) is 0 Å². The fourth-order valence-electron chi connectivity index (χ4n) is 6.31. The van der Waals surface area contributed by atoms with Crippen molar-refractivity contribution in [3.05, 3.63) is 176 Å². The summed E-state index contributed by atoms with van der Waals surface area (Å²) in [5.41, 5.74) is 10.2. The molecule has 4 aromatic carbocycles. The third-order valence-electron chi connectivity index (χ3n) is 8.61. The molecule has 0 saturated carbocycles. The Hall–Kier alpha value is -6.04. The molecule has 4 aromatic rings. The van der Waals surface area contributed by atoms with E-state index < -0.39 is 28.9 Å². The van der Waals surface area contributed by atoms with Crippen molar-refractivity contribution in [3.63, 3.8) is 0 Å². The molecule has 0 bridgehead atoms. The molecule has 6 rings (SSSR count). The number of ether oxygens (including phenoxy) is 2. The van der Waals surface area contributed by atoms with Crippen molar-refractivity contribution in [2.45, 2.75) is 25.0 Å². The van der Waals surface area contributed by atoms with Crippen LogP contribution in [-0.4, -0.2) is 53.0 Å². The number of rotatable bonds is 11. The normalized spacial score (nSPS) is 16.4. The van der Waals surface area contributed by atoms with E-state index in [1.54, 1.807) is 19.1 Å². The van der Waals surface area contributed by atoms with Gasteiger partial charge in [-0.3, -0.25) is 15.0 Å². The van der Waals surface area contributed by atoms with Crippen molar-refractivity contribution in [2.24, 2.45) is 5.73 Å². The largest absolute Gasteiger partial charge is 0.458 e. The van der Waals surface area contributed by atoms with Gasteiger partial charge in [0.2, 0.25) is 0 Å². The lowest BCUT2D eigenvalue weighted by atomic mass is 9.81. The number of nitrogens with zero attached hydrogens (tertiary/aromatic N) is 2. The van der Waals surface area contributed by atoms with E-state index in [0.29, 0.717) is 24.4 Å². The Morgan fingerprint density at radius 1 is 0.900 bits per heavy atom. The summed E-state index contributed by atoms with van der Waals surface area (Å²) >= 11 is 0. The molecule has 0 aromatic heterocycles. The van der Waals surface area contributed by atoms with Crippen LogP contribution in [0.25, 0.3) is 6.08 Å². The van der Waals surface area contributed by atoms with E-state index in [1.807, 2.05) is 72.8 Å². The number of allylic oxidation sites excluding steroid dienone is 1. The zero-order valence-corrected chi connectivity index (χ0v) is 27.4. The van der Waals surface area contributed by atoms with Crippen molar-refractivity contribution in [2.75, 3.05) is 19.7 Å². The van der Waals surface area contributed by atoms with Crippen molar-refractivity contribution in [1.82, 2.24) is 10.2 Å². The maximum Gasteiger partial charge on any atom is 0.339 e. The van der Waals surface area contributed by atoms with Crippen LogP contribution in [0.4, 0.5) is 5.69 Å². The lowest BCUT2D eigenvalue weighted by molar-refractivity contribution is -0.384. The van der Waals surface area contributed by atoms with Crippen LogP contribution < -0.4 is 11.1 Å². The smallest absolute Gasteiger partial charge is 0.339 e. The molecular formula is C39H38N4O7. The first kappa shape index (κ1) is 35.3. The molecule has 2 aliphatic rings. The molecule has 0 spiro atoms. The molecule has 11 heteroatoms. The Morgan fingerprint density at radius 3 is 2.10 bits per heavy atom. The molecule has 0 aliphatic carbocycles. The van der Waals surface area contributed by atoms with Crippen molar-refractivity contribution >= 4 is 23.7 Å². The number of carbonyl (C=O) groups is 2. The van der Waals surface area contributed by atoms with Crippen LogP contribution in [0.5, 0.6) is 0 Å². The second-order valence-electron chi connectivity index (χ2n) is 11.9. The number of carbonyl (C=O) groups excluding carboxylic acids is 2. The first-order valence-corrected chi connectivity index (χ1v) is 16.0.